The van der Waals surface area contributed by atoms with Crippen LogP contribution < -0.4 is 4.74 Å². The van der Waals surface area contributed by atoms with Crippen molar-refractivity contribution in [1.29, 1.82) is 0 Å². The van der Waals surface area contributed by atoms with Crippen molar-refractivity contribution in [1.82, 2.24) is 4.98 Å². The minimum Gasteiger partial charge on any atom is -0.481 e. The molecular formula is C11H17NO. The van der Waals surface area contributed by atoms with Crippen LogP contribution in [0, 0.1) is 12.8 Å². The molecule has 13 heavy (non-hydrogen) atoms. The number of methoxy groups -OCH3 is 1. The zero-order valence-electron chi connectivity index (χ0n) is 8.79. The molecule has 0 aromatic carbocycles. The van der Waals surface area contributed by atoms with Crippen molar-refractivity contribution in [3.05, 3.63) is 23.4 Å². The predicted molar refractivity (Wildman–Crippen MR) is 54.1 cm³/mol. The van der Waals surface area contributed by atoms with Crippen LogP contribution in [-0.2, 0) is 6.42 Å². The molecule has 0 amide bonds. The van der Waals surface area contributed by atoms with E-state index < -0.39 is 0 Å². The first-order valence-corrected chi connectivity index (χ1v) is 4.63. The zero-order valence-corrected chi connectivity index (χ0v) is 8.79. The Balaban J connectivity index is 2.88. The van der Waals surface area contributed by atoms with E-state index in [9.17, 15) is 0 Å². The summed E-state index contributed by atoms with van der Waals surface area (Å²) in [5.74, 6) is 1.36. The van der Waals surface area contributed by atoms with Crippen molar-refractivity contribution in [3.8, 4) is 5.88 Å². The summed E-state index contributed by atoms with van der Waals surface area (Å²) >= 11 is 0. The zero-order chi connectivity index (χ0) is 9.84. The molecule has 1 heterocycles. The van der Waals surface area contributed by atoms with Gasteiger partial charge in [0.2, 0.25) is 5.88 Å². The Morgan fingerprint density at radius 2 is 2.08 bits per heavy atom. The molecule has 0 bridgehead atoms. The van der Waals surface area contributed by atoms with Crippen LogP contribution in [0.15, 0.2) is 12.1 Å². The first-order valence-electron chi connectivity index (χ1n) is 4.63. The third-order valence-corrected chi connectivity index (χ3v) is 1.83. The van der Waals surface area contributed by atoms with Crippen LogP contribution in [0.5, 0.6) is 5.88 Å². The Morgan fingerprint density at radius 3 is 2.62 bits per heavy atom. The van der Waals surface area contributed by atoms with Crippen LogP contribution in [0.2, 0.25) is 0 Å². The van der Waals surface area contributed by atoms with E-state index in [1.54, 1.807) is 7.11 Å². The number of pyridine rings is 1. The van der Waals surface area contributed by atoms with E-state index in [1.165, 1.54) is 5.56 Å². The Kier molecular flexibility index (Phi) is 3.29. The third kappa shape index (κ3) is 3.05. The molecule has 0 fully saturated rings. The Hall–Kier alpha value is -1.05. The Bertz CT molecular complexity index is 281. The first-order chi connectivity index (χ1) is 6.11. The molecule has 1 aromatic heterocycles. The van der Waals surface area contributed by atoms with Crippen LogP contribution in [0.4, 0.5) is 0 Å². The predicted octanol–water partition coefficient (Wildman–Crippen LogP) is 2.60. The minimum absolute atomic E-state index is 0.638. The minimum atomic E-state index is 0.638. The number of ether oxygens (including phenoxy) is 1. The maximum Gasteiger partial charge on any atom is 0.213 e. The topological polar surface area (TPSA) is 22.1 Å². The molecule has 0 N–H and O–H groups in total. The summed E-state index contributed by atoms with van der Waals surface area (Å²) in [4.78, 5) is 4.37. The number of nitrogens with zero attached hydrogens (tertiary/aromatic N) is 1. The smallest absolute Gasteiger partial charge is 0.213 e. The fourth-order valence-electron chi connectivity index (χ4n) is 1.33. The summed E-state index contributed by atoms with van der Waals surface area (Å²) in [5, 5.41) is 0. The largest absolute Gasteiger partial charge is 0.481 e. The SMILES string of the molecule is COc1cc(C)cc(CC(C)C)n1. The molecule has 2 heteroatoms. The average Bonchev–Trinajstić information content (AvgIpc) is 2.01. The van der Waals surface area contributed by atoms with E-state index in [1.807, 2.05) is 6.07 Å². The number of aromatic nitrogens is 1. The molecule has 72 valence electrons. The second-order valence-electron chi connectivity index (χ2n) is 3.78. The van der Waals surface area contributed by atoms with Crippen molar-refractivity contribution in [2.24, 2.45) is 5.92 Å². The summed E-state index contributed by atoms with van der Waals surface area (Å²) in [7, 11) is 1.65. The second-order valence-corrected chi connectivity index (χ2v) is 3.78. The molecule has 0 unspecified atom stereocenters. The molecule has 0 aliphatic rings. The third-order valence-electron chi connectivity index (χ3n) is 1.83. The number of aryl methyl sites for hydroxylation is 1. The van der Waals surface area contributed by atoms with Crippen LogP contribution in [-0.4, -0.2) is 12.1 Å². The summed E-state index contributed by atoms with van der Waals surface area (Å²) < 4.78 is 5.11. The molecule has 2 nitrogen and oxygen atoms in total. The van der Waals surface area contributed by atoms with Gasteiger partial charge < -0.3 is 4.74 Å². The van der Waals surface area contributed by atoms with Gasteiger partial charge in [0.05, 0.1) is 7.11 Å². The number of hydrogen-bond acceptors (Lipinski definition) is 2. The van der Waals surface area contributed by atoms with E-state index >= 15 is 0 Å². The maximum atomic E-state index is 5.11. The molecule has 0 saturated carbocycles. The van der Waals surface area contributed by atoms with Crippen molar-refractivity contribution >= 4 is 0 Å². The van der Waals surface area contributed by atoms with Crippen LogP contribution in [0.25, 0.3) is 0 Å². The highest BCUT2D eigenvalue weighted by molar-refractivity contribution is 5.24. The van der Waals surface area contributed by atoms with Gasteiger partial charge in [0.25, 0.3) is 0 Å². The second kappa shape index (κ2) is 4.26. The molecule has 1 rings (SSSR count). The van der Waals surface area contributed by atoms with Crippen molar-refractivity contribution in [3.63, 3.8) is 0 Å². The molecule has 0 aliphatic heterocycles. The van der Waals surface area contributed by atoms with Gasteiger partial charge in [0, 0.05) is 11.8 Å². The van der Waals surface area contributed by atoms with Crippen LogP contribution >= 0.6 is 0 Å². The van der Waals surface area contributed by atoms with E-state index in [4.69, 9.17) is 4.74 Å². The highest BCUT2D eigenvalue weighted by atomic mass is 16.5. The fourth-order valence-corrected chi connectivity index (χ4v) is 1.33. The van der Waals surface area contributed by atoms with E-state index in [2.05, 4.69) is 31.8 Å². The monoisotopic (exact) mass is 179 g/mol. The van der Waals surface area contributed by atoms with Gasteiger partial charge in [0.15, 0.2) is 0 Å². The molecular weight excluding hydrogens is 162 g/mol. The Labute approximate surface area is 80.0 Å². The summed E-state index contributed by atoms with van der Waals surface area (Å²) in [6.07, 6.45) is 1.01. The lowest BCUT2D eigenvalue weighted by atomic mass is 10.1. The normalized spacial score (nSPS) is 10.5. The van der Waals surface area contributed by atoms with Gasteiger partial charge in [-0.25, -0.2) is 4.98 Å². The molecule has 0 saturated heterocycles. The van der Waals surface area contributed by atoms with E-state index in [-0.39, 0.29) is 0 Å². The Morgan fingerprint density at radius 1 is 1.38 bits per heavy atom. The number of rotatable bonds is 3. The summed E-state index contributed by atoms with van der Waals surface area (Å²) in [5.41, 5.74) is 2.33. The van der Waals surface area contributed by atoms with E-state index in [0.29, 0.717) is 5.92 Å². The summed E-state index contributed by atoms with van der Waals surface area (Å²) in [6, 6.07) is 4.06. The summed E-state index contributed by atoms with van der Waals surface area (Å²) in [6.45, 7) is 6.45. The van der Waals surface area contributed by atoms with Gasteiger partial charge in [-0.3, -0.25) is 0 Å². The average molecular weight is 179 g/mol. The number of hydrogen-bond donors (Lipinski definition) is 0. The first kappa shape index (κ1) is 10.0. The lowest BCUT2D eigenvalue weighted by molar-refractivity contribution is 0.395. The van der Waals surface area contributed by atoms with E-state index in [0.717, 1.165) is 18.0 Å². The molecule has 0 spiro atoms. The molecule has 0 radical (unpaired) electrons. The van der Waals surface area contributed by atoms with Crippen LogP contribution in [0.1, 0.15) is 25.1 Å². The van der Waals surface area contributed by atoms with Gasteiger partial charge in [-0.1, -0.05) is 13.8 Å². The van der Waals surface area contributed by atoms with Crippen molar-refractivity contribution < 1.29 is 4.74 Å². The highest BCUT2D eigenvalue weighted by Gasteiger charge is 2.02. The van der Waals surface area contributed by atoms with Crippen LogP contribution in [0.3, 0.4) is 0 Å². The maximum absolute atomic E-state index is 5.11. The quantitative estimate of drug-likeness (QED) is 0.711. The van der Waals surface area contributed by atoms with Crippen molar-refractivity contribution in [2.45, 2.75) is 27.2 Å². The van der Waals surface area contributed by atoms with Gasteiger partial charge in [-0.15, -0.1) is 0 Å². The van der Waals surface area contributed by atoms with Gasteiger partial charge in [0.1, 0.15) is 0 Å². The van der Waals surface area contributed by atoms with Gasteiger partial charge in [-0.05, 0) is 30.9 Å². The molecule has 1 aromatic rings. The van der Waals surface area contributed by atoms with Crippen molar-refractivity contribution in [2.75, 3.05) is 7.11 Å². The fraction of sp³-hybridized carbons (Fsp3) is 0.545. The lowest BCUT2D eigenvalue weighted by Gasteiger charge is -2.07. The molecule has 0 aliphatic carbocycles. The highest BCUT2D eigenvalue weighted by Crippen LogP contribution is 2.14. The molecule has 0 atom stereocenters. The lowest BCUT2D eigenvalue weighted by Crippen LogP contribution is -1.99. The van der Waals surface area contributed by atoms with Gasteiger partial charge >= 0.3 is 0 Å². The van der Waals surface area contributed by atoms with Gasteiger partial charge in [-0.2, -0.15) is 0 Å². The standard InChI is InChI=1S/C11H17NO/c1-8(2)5-10-6-9(3)7-11(12-10)13-4/h6-8H,5H2,1-4H3.